The molecule has 4 rings (SSSR count). The number of fused-ring (bicyclic) bond motifs is 1. The Morgan fingerprint density at radius 3 is 2.63 bits per heavy atom. The van der Waals surface area contributed by atoms with Gasteiger partial charge in [0.1, 0.15) is 17.2 Å². The van der Waals surface area contributed by atoms with Crippen molar-refractivity contribution >= 4 is 29.0 Å². The smallest absolute Gasteiger partial charge is 0.259 e. The number of nitrogens with zero attached hydrogens (tertiary/aromatic N) is 4. The number of anilines is 2. The molecular formula is C27H35N5O3. The van der Waals surface area contributed by atoms with Gasteiger partial charge in [-0.3, -0.25) is 14.0 Å². The molecule has 2 amide bonds. The molecule has 186 valence electrons. The van der Waals surface area contributed by atoms with Gasteiger partial charge in [0, 0.05) is 45.6 Å². The van der Waals surface area contributed by atoms with E-state index >= 15 is 0 Å². The van der Waals surface area contributed by atoms with Gasteiger partial charge >= 0.3 is 0 Å². The molecule has 1 aromatic carbocycles. The number of benzene rings is 1. The minimum Gasteiger partial charge on any atom is -0.484 e. The number of hydrogen-bond donors (Lipinski definition) is 1. The maximum absolute atomic E-state index is 13.1. The molecule has 2 heterocycles. The van der Waals surface area contributed by atoms with Crippen molar-refractivity contribution in [2.75, 3.05) is 44.5 Å². The molecule has 0 aliphatic heterocycles. The molecular weight excluding hydrogens is 442 g/mol. The summed E-state index contributed by atoms with van der Waals surface area (Å²) in [7, 11) is 5.48. The Balaban J connectivity index is 1.49. The van der Waals surface area contributed by atoms with Crippen LogP contribution in [0.4, 0.5) is 11.5 Å². The van der Waals surface area contributed by atoms with Crippen molar-refractivity contribution in [3.05, 3.63) is 53.9 Å². The quantitative estimate of drug-likeness (QED) is 0.521. The molecule has 8 heteroatoms. The molecule has 1 saturated carbocycles. The zero-order chi connectivity index (χ0) is 24.9. The number of pyridine rings is 1. The summed E-state index contributed by atoms with van der Waals surface area (Å²) in [5, 5.41) is 2.93. The third-order valence-corrected chi connectivity index (χ3v) is 6.59. The van der Waals surface area contributed by atoms with Crippen molar-refractivity contribution in [1.82, 2.24) is 14.3 Å². The monoisotopic (exact) mass is 477 g/mol. The first kappa shape index (κ1) is 24.6. The molecule has 0 atom stereocenters. The van der Waals surface area contributed by atoms with Crippen molar-refractivity contribution in [2.24, 2.45) is 5.92 Å². The fourth-order valence-electron chi connectivity index (χ4n) is 4.73. The van der Waals surface area contributed by atoms with Gasteiger partial charge in [-0.1, -0.05) is 25.3 Å². The highest BCUT2D eigenvalue weighted by Gasteiger charge is 2.20. The first-order valence-corrected chi connectivity index (χ1v) is 12.3. The van der Waals surface area contributed by atoms with E-state index in [0.29, 0.717) is 22.9 Å². The Morgan fingerprint density at radius 2 is 1.89 bits per heavy atom. The number of carbonyl (C=O) groups excluding carboxylic acids is 2. The van der Waals surface area contributed by atoms with Crippen LogP contribution >= 0.6 is 0 Å². The van der Waals surface area contributed by atoms with E-state index in [1.165, 1.54) is 37.0 Å². The van der Waals surface area contributed by atoms with E-state index in [-0.39, 0.29) is 18.4 Å². The highest BCUT2D eigenvalue weighted by atomic mass is 16.5. The number of aryl methyl sites for hydroxylation is 1. The number of amides is 2. The Hall–Kier alpha value is -3.55. The number of likely N-dealkylation sites (N-methyl/N-ethyl adjacent to an activating group) is 1. The zero-order valence-corrected chi connectivity index (χ0v) is 21.1. The Kier molecular flexibility index (Phi) is 7.58. The standard InChI is InChI=1S/C27H35N5O3/c1-19-27(31(4)16-20-9-6-5-7-10-20)32-17-21(13-14-24(32)28-19)26(34)29-22-11-8-12-23(15-22)35-18-25(33)30(2)3/h8,11-15,17,20H,5-7,9-10,16,18H2,1-4H3,(H,29,34). The van der Waals surface area contributed by atoms with E-state index in [0.717, 1.165) is 23.7 Å². The van der Waals surface area contributed by atoms with Crippen LogP contribution in [0.1, 0.15) is 48.2 Å². The Labute approximate surface area is 206 Å². The predicted octanol–water partition coefficient (Wildman–Crippen LogP) is 4.38. The molecule has 0 bridgehead atoms. The molecule has 1 N–H and O–H groups in total. The lowest BCUT2D eigenvalue weighted by atomic mass is 9.89. The third-order valence-electron chi connectivity index (χ3n) is 6.59. The Morgan fingerprint density at radius 1 is 1.11 bits per heavy atom. The van der Waals surface area contributed by atoms with Crippen molar-refractivity contribution in [3.63, 3.8) is 0 Å². The number of ether oxygens (including phenoxy) is 1. The molecule has 3 aromatic rings. The second-order valence-corrected chi connectivity index (χ2v) is 9.61. The largest absolute Gasteiger partial charge is 0.484 e. The van der Waals surface area contributed by atoms with Crippen molar-refractivity contribution < 1.29 is 14.3 Å². The fraction of sp³-hybridized carbons (Fsp3) is 0.444. The van der Waals surface area contributed by atoms with E-state index < -0.39 is 0 Å². The molecule has 0 saturated heterocycles. The van der Waals surface area contributed by atoms with Crippen LogP contribution in [0.2, 0.25) is 0 Å². The number of rotatable bonds is 8. The van der Waals surface area contributed by atoms with Gasteiger partial charge < -0.3 is 19.9 Å². The zero-order valence-electron chi connectivity index (χ0n) is 21.1. The molecule has 0 unspecified atom stereocenters. The normalized spacial score (nSPS) is 14.1. The molecule has 1 fully saturated rings. The van der Waals surface area contributed by atoms with Crippen molar-refractivity contribution in [1.29, 1.82) is 0 Å². The van der Waals surface area contributed by atoms with E-state index in [1.54, 1.807) is 44.4 Å². The van der Waals surface area contributed by atoms with E-state index in [1.807, 2.05) is 23.6 Å². The first-order chi connectivity index (χ1) is 16.8. The number of aromatic nitrogens is 2. The average Bonchev–Trinajstić information content (AvgIpc) is 3.18. The molecule has 8 nitrogen and oxygen atoms in total. The maximum atomic E-state index is 13.1. The van der Waals surface area contributed by atoms with Crippen LogP contribution in [0.3, 0.4) is 0 Å². The SMILES string of the molecule is Cc1nc2ccc(C(=O)Nc3cccc(OCC(=O)N(C)C)c3)cn2c1N(C)CC1CCCCC1. The van der Waals surface area contributed by atoms with E-state index in [2.05, 4.69) is 17.3 Å². The van der Waals surface area contributed by atoms with Gasteiger partial charge in [0.2, 0.25) is 0 Å². The van der Waals surface area contributed by atoms with Gasteiger partial charge in [-0.15, -0.1) is 0 Å². The number of hydrogen-bond acceptors (Lipinski definition) is 5. The molecule has 35 heavy (non-hydrogen) atoms. The van der Waals surface area contributed by atoms with Crippen molar-refractivity contribution in [2.45, 2.75) is 39.0 Å². The topological polar surface area (TPSA) is 79.2 Å². The number of nitrogens with one attached hydrogen (secondary N) is 1. The van der Waals surface area contributed by atoms with Crippen LogP contribution < -0.4 is 15.0 Å². The van der Waals surface area contributed by atoms with Crippen LogP contribution in [0, 0.1) is 12.8 Å². The highest BCUT2D eigenvalue weighted by Crippen LogP contribution is 2.28. The van der Waals surface area contributed by atoms with Crippen LogP contribution in [0.15, 0.2) is 42.6 Å². The van der Waals surface area contributed by atoms with Gasteiger partial charge in [-0.25, -0.2) is 4.98 Å². The average molecular weight is 478 g/mol. The molecule has 0 spiro atoms. The summed E-state index contributed by atoms with van der Waals surface area (Å²) < 4.78 is 7.57. The molecule has 0 radical (unpaired) electrons. The second-order valence-electron chi connectivity index (χ2n) is 9.61. The summed E-state index contributed by atoms with van der Waals surface area (Å²) >= 11 is 0. The van der Waals surface area contributed by atoms with E-state index in [9.17, 15) is 9.59 Å². The van der Waals surface area contributed by atoms with E-state index in [4.69, 9.17) is 9.72 Å². The lowest BCUT2D eigenvalue weighted by Gasteiger charge is -2.28. The van der Waals surface area contributed by atoms with Gasteiger partial charge in [-0.05, 0) is 49.9 Å². The summed E-state index contributed by atoms with van der Waals surface area (Å²) in [4.78, 5) is 33.3. The summed E-state index contributed by atoms with van der Waals surface area (Å²) in [5.74, 6) is 1.90. The summed E-state index contributed by atoms with van der Waals surface area (Å²) in [5.41, 5.74) is 2.92. The maximum Gasteiger partial charge on any atom is 0.259 e. The van der Waals surface area contributed by atoms with Gasteiger partial charge in [0.25, 0.3) is 11.8 Å². The van der Waals surface area contributed by atoms with Gasteiger partial charge in [0.15, 0.2) is 6.61 Å². The first-order valence-electron chi connectivity index (χ1n) is 12.3. The molecule has 1 aliphatic rings. The fourth-order valence-corrected chi connectivity index (χ4v) is 4.73. The van der Waals surface area contributed by atoms with Gasteiger partial charge in [0.05, 0.1) is 11.3 Å². The van der Waals surface area contributed by atoms with Crippen LogP contribution in [0.25, 0.3) is 5.65 Å². The molecule has 1 aliphatic carbocycles. The summed E-state index contributed by atoms with van der Waals surface area (Å²) in [6.07, 6.45) is 8.38. The second kappa shape index (κ2) is 10.8. The summed E-state index contributed by atoms with van der Waals surface area (Å²) in [6.45, 7) is 2.96. The van der Waals surface area contributed by atoms with Gasteiger partial charge in [-0.2, -0.15) is 0 Å². The summed E-state index contributed by atoms with van der Waals surface area (Å²) in [6, 6.07) is 10.7. The van der Waals surface area contributed by atoms with Crippen LogP contribution in [0.5, 0.6) is 5.75 Å². The lowest BCUT2D eigenvalue weighted by molar-refractivity contribution is -0.130. The minimum atomic E-state index is -0.222. The Bertz CT molecular complexity index is 1200. The third kappa shape index (κ3) is 5.93. The number of imidazole rings is 1. The predicted molar refractivity (Wildman–Crippen MR) is 138 cm³/mol. The minimum absolute atomic E-state index is 0.0573. The molecule has 2 aromatic heterocycles. The highest BCUT2D eigenvalue weighted by molar-refractivity contribution is 6.04. The van der Waals surface area contributed by atoms with Crippen molar-refractivity contribution in [3.8, 4) is 5.75 Å². The number of carbonyl (C=O) groups is 2. The van der Waals surface area contributed by atoms with Crippen LogP contribution in [-0.2, 0) is 4.79 Å². The van der Waals surface area contributed by atoms with Crippen LogP contribution in [-0.4, -0.2) is 60.4 Å². The lowest BCUT2D eigenvalue weighted by Crippen LogP contribution is -2.28.